The fourth-order valence-electron chi connectivity index (χ4n) is 3.71. The Hall–Kier alpha value is -2.88. The van der Waals surface area contributed by atoms with E-state index in [-0.39, 0.29) is 16.3 Å². The molecule has 0 bridgehead atoms. The van der Waals surface area contributed by atoms with E-state index in [1.54, 1.807) is 42.6 Å². The molecule has 31 heavy (non-hydrogen) atoms. The van der Waals surface area contributed by atoms with Gasteiger partial charge in [0, 0.05) is 6.04 Å². The lowest BCUT2D eigenvalue weighted by atomic mass is 10.1. The van der Waals surface area contributed by atoms with Gasteiger partial charge < -0.3 is 0 Å². The zero-order valence-corrected chi connectivity index (χ0v) is 18.1. The van der Waals surface area contributed by atoms with Gasteiger partial charge in [-0.1, -0.05) is 36.4 Å². The quantitative estimate of drug-likeness (QED) is 0.524. The highest BCUT2D eigenvalue weighted by molar-refractivity contribution is 7.91. The summed E-state index contributed by atoms with van der Waals surface area (Å²) in [5.74, 6) is -1.69. The average molecular weight is 459 g/mol. The van der Waals surface area contributed by atoms with Crippen molar-refractivity contribution >= 4 is 38.9 Å². The van der Waals surface area contributed by atoms with Crippen molar-refractivity contribution in [2.45, 2.75) is 29.6 Å². The second kappa shape index (κ2) is 8.33. The molecule has 9 heteroatoms. The van der Waals surface area contributed by atoms with Crippen LogP contribution in [0.4, 0.5) is 10.1 Å². The molecule has 1 aromatic heterocycles. The first-order valence-corrected chi connectivity index (χ1v) is 11.9. The van der Waals surface area contributed by atoms with Gasteiger partial charge >= 0.3 is 0 Å². The largest absolute Gasteiger partial charge is 0.274 e. The van der Waals surface area contributed by atoms with Gasteiger partial charge in [-0.3, -0.25) is 9.59 Å². The summed E-state index contributed by atoms with van der Waals surface area (Å²) >= 11 is 1.05. The molecule has 2 amide bonds. The third kappa shape index (κ3) is 3.91. The van der Waals surface area contributed by atoms with Crippen molar-refractivity contribution in [3.8, 4) is 0 Å². The highest BCUT2D eigenvalue weighted by Crippen LogP contribution is 2.36. The second-order valence-electron chi connectivity index (χ2n) is 7.12. The highest BCUT2D eigenvalue weighted by atomic mass is 32.2. The van der Waals surface area contributed by atoms with Crippen LogP contribution in [0.2, 0.25) is 0 Å². The van der Waals surface area contributed by atoms with Crippen LogP contribution in [0.3, 0.4) is 0 Å². The van der Waals surface area contributed by atoms with E-state index in [1.807, 2.05) is 6.07 Å². The number of benzene rings is 2. The van der Waals surface area contributed by atoms with Gasteiger partial charge in [-0.15, -0.1) is 11.3 Å². The summed E-state index contributed by atoms with van der Waals surface area (Å²) in [5, 5.41) is 1.64. The van der Waals surface area contributed by atoms with Crippen LogP contribution in [0, 0.1) is 5.82 Å². The molecule has 1 aliphatic rings. The van der Waals surface area contributed by atoms with Gasteiger partial charge in [-0.25, -0.2) is 17.7 Å². The monoisotopic (exact) mass is 458 g/mol. The van der Waals surface area contributed by atoms with E-state index in [4.69, 9.17) is 0 Å². The zero-order valence-electron chi connectivity index (χ0n) is 16.5. The molecule has 0 radical (unpaired) electrons. The van der Waals surface area contributed by atoms with Crippen LogP contribution >= 0.6 is 11.3 Å². The number of thiophene rings is 1. The number of hydrogen-bond donors (Lipinski definition) is 0. The predicted molar refractivity (Wildman–Crippen MR) is 115 cm³/mol. The minimum absolute atomic E-state index is 0.0933. The summed E-state index contributed by atoms with van der Waals surface area (Å²) < 4.78 is 41.6. The van der Waals surface area contributed by atoms with E-state index in [1.165, 1.54) is 18.2 Å². The fourth-order valence-corrected chi connectivity index (χ4v) is 6.57. The fraction of sp³-hybridized carbons (Fsp3) is 0.182. The lowest BCUT2D eigenvalue weighted by Gasteiger charge is -2.32. The molecule has 4 rings (SSSR count). The highest BCUT2D eigenvalue weighted by Gasteiger charge is 2.49. The molecule has 2 heterocycles. The Morgan fingerprint density at radius 3 is 2.32 bits per heavy atom. The number of rotatable bonds is 6. The third-order valence-corrected chi connectivity index (χ3v) is 8.56. The lowest BCUT2D eigenvalue weighted by molar-refractivity contribution is -0.122. The molecule has 2 aromatic carbocycles. The topological polar surface area (TPSA) is 74.8 Å². The van der Waals surface area contributed by atoms with Crippen molar-refractivity contribution in [2.24, 2.45) is 0 Å². The van der Waals surface area contributed by atoms with Crippen molar-refractivity contribution in [2.75, 3.05) is 4.90 Å². The lowest BCUT2D eigenvalue weighted by Crippen LogP contribution is -2.46. The zero-order chi connectivity index (χ0) is 22.2. The average Bonchev–Trinajstić information content (AvgIpc) is 3.39. The Morgan fingerprint density at radius 1 is 1.03 bits per heavy atom. The molecular weight excluding hydrogens is 439 g/mol. The smallest absolute Gasteiger partial charge is 0.253 e. The number of halogens is 1. The molecule has 6 nitrogen and oxygen atoms in total. The molecular formula is C22H19FN2O4S2. The maximum atomic E-state index is 13.5. The van der Waals surface area contributed by atoms with Gasteiger partial charge in [0.25, 0.3) is 15.9 Å². The summed E-state index contributed by atoms with van der Waals surface area (Å²) in [4.78, 5) is 27.0. The van der Waals surface area contributed by atoms with Crippen molar-refractivity contribution < 1.29 is 22.4 Å². The number of carbonyl (C=O) groups is 2. The van der Waals surface area contributed by atoms with Crippen molar-refractivity contribution in [3.63, 3.8) is 0 Å². The van der Waals surface area contributed by atoms with Crippen LogP contribution in [0.25, 0.3) is 0 Å². The van der Waals surface area contributed by atoms with Crippen molar-refractivity contribution in [1.29, 1.82) is 0 Å². The number of imide groups is 1. The standard InChI is InChI=1S/C22H19FN2O4S2/c1-15(16-6-3-2-4-7-16)25(31(28,29)21-8-5-13-30-21)19-14-20(26)24(22(19)27)18-11-9-17(23)10-12-18/h2-13,15,19H,14H2,1H3. The van der Waals surface area contributed by atoms with Crippen LogP contribution in [0.1, 0.15) is 24.9 Å². The third-order valence-electron chi connectivity index (χ3n) is 5.21. The first-order chi connectivity index (χ1) is 14.8. The van der Waals surface area contributed by atoms with Gasteiger partial charge in [0.15, 0.2) is 0 Å². The first kappa shape index (κ1) is 21.4. The van der Waals surface area contributed by atoms with Crippen LogP contribution < -0.4 is 4.90 Å². The summed E-state index contributed by atoms with van der Waals surface area (Å²) in [5.41, 5.74) is 0.905. The summed E-state index contributed by atoms with van der Waals surface area (Å²) in [6, 6.07) is 15.1. The number of amides is 2. The Balaban J connectivity index is 1.78. The number of anilines is 1. The molecule has 2 unspecified atom stereocenters. The molecule has 1 saturated heterocycles. The van der Waals surface area contributed by atoms with Crippen LogP contribution in [-0.4, -0.2) is 30.6 Å². The Bertz CT molecular complexity index is 1200. The van der Waals surface area contributed by atoms with E-state index < -0.39 is 39.7 Å². The van der Waals surface area contributed by atoms with E-state index >= 15 is 0 Å². The molecule has 0 spiro atoms. The maximum Gasteiger partial charge on any atom is 0.253 e. The van der Waals surface area contributed by atoms with Gasteiger partial charge in [0.2, 0.25) is 5.91 Å². The van der Waals surface area contributed by atoms with Crippen LogP contribution in [0.5, 0.6) is 0 Å². The van der Waals surface area contributed by atoms with Gasteiger partial charge in [0.05, 0.1) is 12.1 Å². The molecule has 1 aliphatic heterocycles. The molecule has 0 aliphatic carbocycles. The Kier molecular flexibility index (Phi) is 5.74. The number of nitrogens with zero attached hydrogens (tertiary/aromatic N) is 2. The molecule has 2 atom stereocenters. The van der Waals surface area contributed by atoms with Gasteiger partial charge in [0.1, 0.15) is 16.1 Å². The van der Waals surface area contributed by atoms with Gasteiger partial charge in [-0.05, 0) is 48.2 Å². The minimum atomic E-state index is -4.07. The second-order valence-corrected chi connectivity index (χ2v) is 10.1. The molecule has 0 N–H and O–H groups in total. The predicted octanol–water partition coefficient (Wildman–Crippen LogP) is 3.97. The van der Waals surface area contributed by atoms with E-state index in [2.05, 4.69) is 0 Å². The number of sulfonamides is 1. The first-order valence-electron chi connectivity index (χ1n) is 9.55. The van der Waals surface area contributed by atoms with Gasteiger partial charge in [-0.2, -0.15) is 4.31 Å². The maximum absolute atomic E-state index is 13.5. The Morgan fingerprint density at radius 2 is 1.71 bits per heavy atom. The summed E-state index contributed by atoms with van der Waals surface area (Å²) in [6.07, 6.45) is -0.294. The number of carbonyl (C=O) groups excluding carboxylic acids is 2. The van der Waals surface area contributed by atoms with Crippen LogP contribution in [0.15, 0.2) is 76.3 Å². The van der Waals surface area contributed by atoms with E-state index in [0.29, 0.717) is 5.56 Å². The van der Waals surface area contributed by atoms with E-state index in [0.717, 1.165) is 32.7 Å². The molecule has 3 aromatic rings. The normalized spacial score (nSPS) is 18.0. The van der Waals surface area contributed by atoms with E-state index in [9.17, 15) is 22.4 Å². The minimum Gasteiger partial charge on any atom is -0.274 e. The summed E-state index contributed by atoms with van der Waals surface area (Å²) in [6.45, 7) is 1.69. The molecule has 0 saturated carbocycles. The number of hydrogen-bond acceptors (Lipinski definition) is 5. The molecule has 1 fully saturated rings. The van der Waals surface area contributed by atoms with Crippen molar-refractivity contribution in [1.82, 2.24) is 4.31 Å². The van der Waals surface area contributed by atoms with Crippen LogP contribution in [-0.2, 0) is 19.6 Å². The summed E-state index contributed by atoms with van der Waals surface area (Å²) in [7, 11) is -4.07. The van der Waals surface area contributed by atoms with Crippen molar-refractivity contribution in [3.05, 3.63) is 83.5 Å². The SMILES string of the molecule is CC(c1ccccc1)N(C1CC(=O)N(c2ccc(F)cc2)C1=O)S(=O)(=O)c1cccs1. The molecule has 160 valence electrons. The Labute approximate surface area is 183 Å².